The second kappa shape index (κ2) is 6.31. The zero-order valence-electron chi connectivity index (χ0n) is 10.5. The Bertz CT molecular complexity index is 664. The minimum Gasteiger partial charge on any atom is -0.293 e. The molecule has 0 amide bonds. The van der Waals surface area contributed by atoms with Crippen molar-refractivity contribution in [2.45, 2.75) is 12.3 Å². The molecule has 2 rings (SSSR count). The highest BCUT2D eigenvalue weighted by molar-refractivity contribution is 6.34. The Hall–Kier alpha value is -2.18. The molecule has 0 heterocycles. The van der Waals surface area contributed by atoms with Crippen molar-refractivity contribution >= 4 is 17.4 Å². The quantitative estimate of drug-likeness (QED) is 0.784. The van der Waals surface area contributed by atoms with Crippen molar-refractivity contribution in [2.75, 3.05) is 0 Å². The Labute approximate surface area is 121 Å². The Morgan fingerprint density at radius 2 is 1.95 bits per heavy atom. The van der Waals surface area contributed by atoms with Gasteiger partial charge in [-0.15, -0.1) is 0 Å². The molecule has 0 aliphatic heterocycles. The van der Waals surface area contributed by atoms with Crippen LogP contribution in [0.3, 0.4) is 0 Å². The van der Waals surface area contributed by atoms with E-state index in [1.807, 2.05) is 12.1 Å². The molecular weight excluding hydrogens is 277 g/mol. The number of hydrogen-bond acceptors (Lipinski definition) is 2. The van der Waals surface area contributed by atoms with Gasteiger partial charge in [-0.1, -0.05) is 41.9 Å². The Morgan fingerprint density at radius 1 is 1.25 bits per heavy atom. The highest BCUT2D eigenvalue weighted by Gasteiger charge is 2.23. The molecule has 0 radical (unpaired) electrons. The van der Waals surface area contributed by atoms with E-state index >= 15 is 0 Å². The number of benzene rings is 2. The molecule has 4 heteroatoms. The molecule has 2 nitrogen and oxygen atoms in total. The maximum Gasteiger partial charge on any atom is 0.172 e. The van der Waals surface area contributed by atoms with Crippen molar-refractivity contribution in [1.82, 2.24) is 0 Å². The Morgan fingerprint density at radius 3 is 2.55 bits per heavy atom. The van der Waals surface area contributed by atoms with Gasteiger partial charge in [-0.2, -0.15) is 5.26 Å². The smallest absolute Gasteiger partial charge is 0.172 e. The molecule has 0 N–H and O–H groups in total. The van der Waals surface area contributed by atoms with Crippen LogP contribution >= 0.6 is 11.6 Å². The highest BCUT2D eigenvalue weighted by Crippen LogP contribution is 2.28. The monoisotopic (exact) mass is 287 g/mol. The molecule has 0 bridgehead atoms. The van der Waals surface area contributed by atoms with E-state index in [-0.39, 0.29) is 22.8 Å². The number of nitriles is 1. The third-order valence-electron chi connectivity index (χ3n) is 3.01. The predicted molar refractivity (Wildman–Crippen MR) is 75.2 cm³/mol. The molecule has 2 aromatic rings. The molecule has 2 aromatic carbocycles. The summed E-state index contributed by atoms with van der Waals surface area (Å²) in [6, 6.07) is 14.7. The first-order valence-corrected chi connectivity index (χ1v) is 6.42. The molecule has 0 spiro atoms. The summed E-state index contributed by atoms with van der Waals surface area (Å²) in [5, 5.41) is 8.98. The fourth-order valence-electron chi connectivity index (χ4n) is 2.02. The number of Topliss-reactive ketones (excluding diaryl/α,β-unsaturated/α-hetero) is 1. The molecule has 0 aliphatic rings. The van der Waals surface area contributed by atoms with Gasteiger partial charge in [0, 0.05) is 12.0 Å². The maximum atomic E-state index is 13.0. The van der Waals surface area contributed by atoms with Crippen LogP contribution in [-0.2, 0) is 0 Å². The van der Waals surface area contributed by atoms with E-state index < -0.39 is 11.7 Å². The molecular formula is C16H11ClFNO. The van der Waals surface area contributed by atoms with Gasteiger partial charge in [-0.05, 0) is 23.8 Å². The first kappa shape index (κ1) is 14.2. The number of ketones is 1. The third kappa shape index (κ3) is 3.04. The van der Waals surface area contributed by atoms with Crippen molar-refractivity contribution in [3.63, 3.8) is 0 Å². The van der Waals surface area contributed by atoms with Crippen LogP contribution < -0.4 is 0 Å². The van der Waals surface area contributed by atoms with Crippen LogP contribution in [0.4, 0.5) is 4.39 Å². The second-order valence-electron chi connectivity index (χ2n) is 4.31. The summed E-state index contributed by atoms with van der Waals surface area (Å²) in [5.41, 5.74) is 0.983. The summed E-state index contributed by atoms with van der Waals surface area (Å²) in [6.45, 7) is 0. The van der Waals surface area contributed by atoms with Crippen molar-refractivity contribution in [1.29, 1.82) is 5.26 Å². The highest BCUT2D eigenvalue weighted by atomic mass is 35.5. The van der Waals surface area contributed by atoms with Gasteiger partial charge in [0.25, 0.3) is 0 Å². The number of hydrogen-bond donors (Lipinski definition) is 0. The zero-order chi connectivity index (χ0) is 14.5. The molecule has 20 heavy (non-hydrogen) atoms. The predicted octanol–water partition coefficient (Wildman–Crippen LogP) is 4.36. The van der Waals surface area contributed by atoms with Crippen molar-refractivity contribution < 1.29 is 9.18 Å². The minimum absolute atomic E-state index is 0.0521. The van der Waals surface area contributed by atoms with Gasteiger partial charge in [0.1, 0.15) is 5.82 Å². The summed E-state index contributed by atoms with van der Waals surface area (Å²) >= 11 is 5.91. The van der Waals surface area contributed by atoms with Crippen molar-refractivity contribution in [3.8, 4) is 6.07 Å². The van der Waals surface area contributed by atoms with E-state index in [4.69, 9.17) is 16.9 Å². The fraction of sp³-hybridized carbons (Fsp3) is 0.125. The molecule has 0 aromatic heterocycles. The number of halogens is 2. The van der Waals surface area contributed by atoms with E-state index in [0.29, 0.717) is 0 Å². The lowest BCUT2D eigenvalue weighted by molar-refractivity contribution is 0.0960. The van der Waals surface area contributed by atoms with Crippen LogP contribution in [0.15, 0.2) is 48.5 Å². The van der Waals surface area contributed by atoms with Gasteiger partial charge in [0.15, 0.2) is 5.78 Å². The number of rotatable bonds is 4. The lowest BCUT2D eigenvalue weighted by Crippen LogP contribution is -2.13. The lowest BCUT2D eigenvalue weighted by Gasteiger charge is -2.14. The molecule has 0 aliphatic carbocycles. The summed E-state index contributed by atoms with van der Waals surface area (Å²) in [7, 11) is 0. The van der Waals surface area contributed by atoms with E-state index in [2.05, 4.69) is 0 Å². The molecule has 0 saturated heterocycles. The zero-order valence-corrected chi connectivity index (χ0v) is 11.3. The van der Waals surface area contributed by atoms with E-state index in [1.54, 1.807) is 24.3 Å². The van der Waals surface area contributed by atoms with Gasteiger partial charge in [-0.3, -0.25) is 4.79 Å². The average Bonchev–Trinajstić information content (AvgIpc) is 2.45. The SMILES string of the molecule is N#CCC(C(=O)c1ccc(F)cc1Cl)c1ccccc1. The first-order chi connectivity index (χ1) is 9.63. The van der Waals surface area contributed by atoms with Crippen LogP contribution in [0.2, 0.25) is 5.02 Å². The second-order valence-corrected chi connectivity index (χ2v) is 4.72. The number of carbonyl (C=O) groups excluding carboxylic acids is 1. The van der Waals surface area contributed by atoms with Gasteiger partial charge in [0.05, 0.1) is 17.0 Å². The standard InChI is InChI=1S/C16H11ClFNO/c17-15-10-12(18)6-7-14(15)16(20)13(8-9-19)11-4-2-1-3-5-11/h1-7,10,13H,8H2. The lowest BCUT2D eigenvalue weighted by atomic mass is 9.88. The van der Waals surface area contributed by atoms with Crippen LogP contribution in [-0.4, -0.2) is 5.78 Å². The van der Waals surface area contributed by atoms with E-state index in [1.165, 1.54) is 12.1 Å². The molecule has 0 fully saturated rings. The summed E-state index contributed by atoms with van der Waals surface area (Å²) in [5.74, 6) is -1.37. The van der Waals surface area contributed by atoms with E-state index in [0.717, 1.165) is 11.6 Å². The topological polar surface area (TPSA) is 40.9 Å². The van der Waals surface area contributed by atoms with Gasteiger partial charge in [0.2, 0.25) is 0 Å². The van der Waals surface area contributed by atoms with Crippen LogP contribution in [0.5, 0.6) is 0 Å². The van der Waals surface area contributed by atoms with Crippen molar-refractivity contribution in [3.05, 3.63) is 70.5 Å². The normalized spacial score (nSPS) is 11.7. The van der Waals surface area contributed by atoms with E-state index in [9.17, 15) is 9.18 Å². The minimum atomic E-state index is -0.593. The maximum absolute atomic E-state index is 13.0. The number of carbonyl (C=O) groups is 1. The van der Waals surface area contributed by atoms with Gasteiger partial charge < -0.3 is 0 Å². The average molecular weight is 288 g/mol. The molecule has 100 valence electrons. The summed E-state index contributed by atoms with van der Waals surface area (Å²) < 4.78 is 13.0. The Balaban J connectivity index is 2.40. The fourth-order valence-corrected chi connectivity index (χ4v) is 2.28. The van der Waals surface area contributed by atoms with Crippen molar-refractivity contribution in [2.24, 2.45) is 0 Å². The number of nitrogens with zero attached hydrogens (tertiary/aromatic N) is 1. The van der Waals surface area contributed by atoms with Gasteiger partial charge in [-0.25, -0.2) is 4.39 Å². The van der Waals surface area contributed by atoms with Gasteiger partial charge >= 0.3 is 0 Å². The Kier molecular flexibility index (Phi) is 4.49. The van der Waals surface area contributed by atoms with Crippen LogP contribution in [0.1, 0.15) is 28.3 Å². The largest absolute Gasteiger partial charge is 0.293 e. The first-order valence-electron chi connectivity index (χ1n) is 6.04. The molecule has 1 unspecified atom stereocenters. The third-order valence-corrected chi connectivity index (χ3v) is 3.32. The molecule has 1 atom stereocenters. The summed E-state index contributed by atoms with van der Waals surface area (Å²) in [6.07, 6.45) is 0.0521. The van der Waals surface area contributed by atoms with Crippen LogP contribution in [0, 0.1) is 17.1 Å². The van der Waals surface area contributed by atoms with Crippen LogP contribution in [0.25, 0.3) is 0 Å². The summed E-state index contributed by atoms with van der Waals surface area (Å²) in [4.78, 5) is 12.5. The molecule has 0 saturated carbocycles.